The third kappa shape index (κ3) is 1.80. The predicted octanol–water partition coefficient (Wildman–Crippen LogP) is 3.65. The minimum Gasteiger partial charge on any atom is -0.362 e. The molecule has 2 unspecified atom stereocenters. The second-order valence-corrected chi connectivity index (χ2v) is 11.2. The van der Waals surface area contributed by atoms with Crippen molar-refractivity contribution in [3.05, 3.63) is 0 Å². The standard InChI is InChI=1S/C23H34O5/c1-15-13-20-14-21(24-9-10-25-21)7-8-22(20,28-20)17-3-5-19(2)16(18(15)17)4-6-23(19)26-11-12-27-23/h15-18H,3-14H2,1-2H3/t15-,16+,17+,18+,19+,20?,22?/m1/s1. The van der Waals surface area contributed by atoms with Gasteiger partial charge in [0.05, 0.1) is 26.4 Å². The van der Waals surface area contributed by atoms with Crippen LogP contribution in [0.15, 0.2) is 0 Å². The normalized spacial score (nSPS) is 57.6. The molecular formula is C23H34O5. The van der Waals surface area contributed by atoms with E-state index in [2.05, 4.69) is 13.8 Å². The maximum absolute atomic E-state index is 6.82. The summed E-state index contributed by atoms with van der Waals surface area (Å²) < 4.78 is 31.6. The van der Waals surface area contributed by atoms with E-state index in [1.54, 1.807) is 0 Å². The van der Waals surface area contributed by atoms with Crippen LogP contribution in [0.3, 0.4) is 0 Å². The van der Waals surface area contributed by atoms with Crippen LogP contribution in [0.1, 0.15) is 65.2 Å². The molecule has 2 spiro atoms. The van der Waals surface area contributed by atoms with Crippen molar-refractivity contribution < 1.29 is 23.7 Å². The summed E-state index contributed by atoms with van der Waals surface area (Å²) in [6, 6.07) is 0. The lowest BCUT2D eigenvalue weighted by Crippen LogP contribution is -2.60. The summed E-state index contributed by atoms with van der Waals surface area (Å²) in [6.45, 7) is 7.99. The van der Waals surface area contributed by atoms with E-state index in [1.165, 1.54) is 25.7 Å². The number of rotatable bonds is 0. The molecule has 0 aromatic heterocycles. The molecule has 5 nitrogen and oxygen atoms in total. The van der Waals surface area contributed by atoms with Crippen LogP contribution in [-0.4, -0.2) is 49.2 Å². The summed E-state index contributed by atoms with van der Waals surface area (Å²) >= 11 is 0. The zero-order valence-corrected chi connectivity index (χ0v) is 17.3. The van der Waals surface area contributed by atoms with Gasteiger partial charge in [0.2, 0.25) is 0 Å². The zero-order chi connectivity index (χ0) is 18.8. The summed E-state index contributed by atoms with van der Waals surface area (Å²) in [4.78, 5) is 0. The third-order valence-corrected chi connectivity index (χ3v) is 10.4. The average molecular weight is 391 g/mol. The van der Waals surface area contributed by atoms with Crippen molar-refractivity contribution in [3.63, 3.8) is 0 Å². The Hall–Kier alpha value is -0.200. The summed E-state index contributed by atoms with van der Waals surface area (Å²) in [5, 5.41) is 0. The summed E-state index contributed by atoms with van der Waals surface area (Å²) in [5.41, 5.74) is 0.276. The van der Waals surface area contributed by atoms with Gasteiger partial charge in [-0.3, -0.25) is 0 Å². The lowest BCUT2D eigenvalue weighted by atomic mass is 9.47. The highest BCUT2D eigenvalue weighted by molar-refractivity contribution is 5.29. The zero-order valence-electron chi connectivity index (χ0n) is 17.3. The Balaban J connectivity index is 1.23. The van der Waals surface area contributed by atoms with E-state index >= 15 is 0 Å². The fraction of sp³-hybridized carbons (Fsp3) is 1.00. The van der Waals surface area contributed by atoms with Gasteiger partial charge in [-0.15, -0.1) is 0 Å². The van der Waals surface area contributed by atoms with Crippen LogP contribution in [0.5, 0.6) is 0 Å². The number of epoxide rings is 1. The SMILES string of the molecule is C[C@@H]1CC23CC4(CCC2(O3)[C@H]2CC[C@@]3(C)[C@@H](CCC35OCCO5)[C@H]12)OCCO4. The molecule has 28 heavy (non-hydrogen) atoms. The van der Waals surface area contributed by atoms with E-state index < -0.39 is 0 Å². The van der Waals surface area contributed by atoms with Gasteiger partial charge < -0.3 is 23.7 Å². The molecule has 7 aliphatic rings. The first kappa shape index (κ1) is 17.5. The fourth-order valence-electron chi connectivity index (χ4n) is 9.39. The Morgan fingerprint density at radius 1 is 0.786 bits per heavy atom. The van der Waals surface area contributed by atoms with E-state index in [1.807, 2.05) is 0 Å². The monoisotopic (exact) mass is 390 g/mol. The molecule has 0 aromatic carbocycles. The van der Waals surface area contributed by atoms with Crippen LogP contribution in [-0.2, 0) is 23.7 Å². The molecule has 0 aromatic rings. The van der Waals surface area contributed by atoms with Gasteiger partial charge in [-0.05, 0) is 55.8 Å². The molecule has 0 amide bonds. The predicted molar refractivity (Wildman–Crippen MR) is 100 cm³/mol. The van der Waals surface area contributed by atoms with Gasteiger partial charge in [0.25, 0.3) is 0 Å². The molecule has 7 rings (SSSR count). The van der Waals surface area contributed by atoms with Gasteiger partial charge in [0.15, 0.2) is 11.6 Å². The molecule has 0 bridgehead atoms. The van der Waals surface area contributed by atoms with Crippen molar-refractivity contribution in [2.45, 2.75) is 88.0 Å². The van der Waals surface area contributed by atoms with Gasteiger partial charge in [-0.2, -0.15) is 0 Å². The second kappa shape index (κ2) is 5.16. The van der Waals surface area contributed by atoms with E-state index in [4.69, 9.17) is 23.7 Å². The van der Waals surface area contributed by atoms with Crippen molar-refractivity contribution in [1.29, 1.82) is 0 Å². The molecule has 4 aliphatic carbocycles. The van der Waals surface area contributed by atoms with Crippen LogP contribution < -0.4 is 0 Å². The van der Waals surface area contributed by atoms with Crippen molar-refractivity contribution in [2.75, 3.05) is 26.4 Å². The third-order valence-electron chi connectivity index (χ3n) is 10.4. The van der Waals surface area contributed by atoms with Crippen LogP contribution in [0.2, 0.25) is 0 Å². The maximum Gasteiger partial charge on any atom is 0.174 e. The first-order valence-corrected chi connectivity index (χ1v) is 11.7. The van der Waals surface area contributed by atoms with Gasteiger partial charge in [-0.25, -0.2) is 0 Å². The highest BCUT2D eigenvalue weighted by Crippen LogP contribution is 2.76. The van der Waals surface area contributed by atoms with E-state index in [0.717, 1.165) is 58.0 Å². The molecule has 4 saturated carbocycles. The Kier molecular flexibility index (Phi) is 3.22. The van der Waals surface area contributed by atoms with Gasteiger partial charge in [0, 0.05) is 24.7 Å². The smallest absolute Gasteiger partial charge is 0.174 e. The first-order chi connectivity index (χ1) is 13.5. The molecule has 5 heteroatoms. The molecule has 3 heterocycles. The molecule has 156 valence electrons. The number of hydrogen-bond acceptors (Lipinski definition) is 5. The van der Waals surface area contributed by atoms with Crippen LogP contribution in [0.25, 0.3) is 0 Å². The Bertz CT molecular complexity index is 697. The first-order valence-electron chi connectivity index (χ1n) is 11.7. The highest BCUT2D eigenvalue weighted by Gasteiger charge is 2.82. The molecule has 3 saturated heterocycles. The van der Waals surface area contributed by atoms with Crippen molar-refractivity contribution in [2.24, 2.45) is 29.1 Å². The number of fused-ring (bicyclic) bond motifs is 4. The average Bonchev–Trinajstić information content (AvgIpc) is 3.07. The minimum atomic E-state index is -0.349. The molecule has 0 N–H and O–H groups in total. The fourth-order valence-corrected chi connectivity index (χ4v) is 9.39. The molecular weight excluding hydrogens is 356 g/mol. The second-order valence-electron chi connectivity index (χ2n) is 11.2. The lowest BCUT2D eigenvalue weighted by molar-refractivity contribution is -0.246. The summed E-state index contributed by atoms with van der Waals surface area (Å²) in [5.74, 6) is 2.15. The molecule has 7 atom stereocenters. The van der Waals surface area contributed by atoms with Gasteiger partial charge in [-0.1, -0.05) is 13.8 Å². The van der Waals surface area contributed by atoms with E-state index in [9.17, 15) is 0 Å². The van der Waals surface area contributed by atoms with Crippen LogP contribution >= 0.6 is 0 Å². The van der Waals surface area contributed by atoms with Gasteiger partial charge in [0.1, 0.15) is 11.2 Å². The van der Waals surface area contributed by atoms with Crippen LogP contribution in [0.4, 0.5) is 0 Å². The van der Waals surface area contributed by atoms with Crippen molar-refractivity contribution in [1.82, 2.24) is 0 Å². The lowest BCUT2D eigenvalue weighted by Gasteiger charge is -2.57. The molecule has 7 fully saturated rings. The maximum atomic E-state index is 6.82. The quantitative estimate of drug-likeness (QED) is 0.591. The number of ether oxygens (including phenoxy) is 5. The summed E-state index contributed by atoms with van der Waals surface area (Å²) in [6.07, 6.45) is 9.04. The minimum absolute atomic E-state index is 0.0144. The van der Waals surface area contributed by atoms with Crippen molar-refractivity contribution >= 4 is 0 Å². The Morgan fingerprint density at radius 3 is 2.29 bits per heavy atom. The van der Waals surface area contributed by atoms with E-state index in [0.29, 0.717) is 17.8 Å². The largest absolute Gasteiger partial charge is 0.362 e. The Labute approximate surface area is 167 Å². The Morgan fingerprint density at radius 2 is 1.50 bits per heavy atom. The van der Waals surface area contributed by atoms with Crippen LogP contribution in [0, 0.1) is 29.1 Å². The van der Waals surface area contributed by atoms with E-state index in [-0.39, 0.29) is 28.2 Å². The highest BCUT2D eigenvalue weighted by atomic mass is 16.7. The molecule has 3 aliphatic heterocycles. The summed E-state index contributed by atoms with van der Waals surface area (Å²) in [7, 11) is 0. The number of hydrogen-bond donors (Lipinski definition) is 0. The topological polar surface area (TPSA) is 49.5 Å². The van der Waals surface area contributed by atoms with Crippen molar-refractivity contribution in [3.8, 4) is 0 Å². The molecule has 0 radical (unpaired) electrons. The van der Waals surface area contributed by atoms with Gasteiger partial charge >= 0.3 is 0 Å².